The van der Waals surface area contributed by atoms with E-state index in [2.05, 4.69) is 5.32 Å². The molecule has 2 aromatic rings. The van der Waals surface area contributed by atoms with E-state index in [1.54, 1.807) is 56.3 Å². The topological polar surface area (TPSA) is 64.6 Å². The van der Waals surface area contributed by atoms with E-state index in [0.717, 1.165) is 0 Å². The summed E-state index contributed by atoms with van der Waals surface area (Å²) in [4.78, 5) is 23.8. The van der Waals surface area contributed by atoms with Crippen LogP contribution in [0.1, 0.15) is 24.2 Å². The molecule has 0 saturated heterocycles. The lowest BCUT2D eigenvalue weighted by molar-refractivity contribution is -0.150. The molecular weight excluding hydrogens is 365 g/mol. The first-order valence-electron chi connectivity index (χ1n) is 7.60. The summed E-state index contributed by atoms with van der Waals surface area (Å²) in [7, 11) is 0. The van der Waals surface area contributed by atoms with Crippen LogP contribution in [0.2, 0.25) is 10.0 Å². The van der Waals surface area contributed by atoms with Gasteiger partial charge < -0.3 is 14.8 Å². The van der Waals surface area contributed by atoms with Gasteiger partial charge in [-0.3, -0.25) is 4.79 Å². The zero-order chi connectivity index (χ0) is 18.4. The summed E-state index contributed by atoms with van der Waals surface area (Å²) >= 11 is 11.9. The number of amides is 1. The zero-order valence-electron chi connectivity index (χ0n) is 13.7. The maximum absolute atomic E-state index is 12.3. The molecule has 25 heavy (non-hydrogen) atoms. The third kappa shape index (κ3) is 5.37. The summed E-state index contributed by atoms with van der Waals surface area (Å²) in [6.45, 7) is 3.61. The summed E-state index contributed by atoms with van der Waals surface area (Å²) in [6.07, 6.45) is -0.732. The number of nitrogens with one attached hydrogen (secondary N) is 1. The van der Waals surface area contributed by atoms with Crippen LogP contribution in [0.4, 0.5) is 5.69 Å². The van der Waals surface area contributed by atoms with Crippen LogP contribution in [0.3, 0.4) is 0 Å². The normalized spacial score (nSPS) is 11.5. The molecule has 1 amide bonds. The van der Waals surface area contributed by atoms with Crippen molar-refractivity contribution in [3.05, 3.63) is 58.1 Å². The highest BCUT2D eigenvalue weighted by Crippen LogP contribution is 2.26. The molecule has 0 spiro atoms. The second kappa shape index (κ2) is 8.74. The fourth-order valence-corrected chi connectivity index (χ4v) is 2.32. The summed E-state index contributed by atoms with van der Waals surface area (Å²) in [5.41, 5.74) is 0.836. The number of rotatable bonds is 6. The summed E-state index contributed by atoms with van der Waals surface area (Å²) in [6, 6.07) is 11.2. The van der Waals surface area contributed by atoms with E-state index in [0.29, 0.717) is 27.0 Å². The highest BCUT2D eigenvalue weighted by molar-refractivity contribution is 6.35. The summed E-state index contributed by atoms with van der Waals surface area (Å²) in [5.74, 6) is -0.327. The molecule has 0 aliphatic rings. The minimum absolute atomic E-state index is 0.289. The van der Waals surface area contributed by atoms with Gasteiger partial charge in [0.1, 0.15) is 5.75 Å². The Kier molecular flexibility index (Phi) is 6.67. The van der Waals surface area contributed by atoms with Gasteiger partial charge >= 0.3 is 5.97 Å². The first-order valence-corrected chi connectivity index (χ1v) is 8.36. The maximum Gasteiger partial charge on any atom is 0.347 e. The summed E-state index contributed by atoms with van der Waals surface area (Å²) < 4.78 is 10.3. The minimum atomic E-state index is -0.732. The number of halogens is 2. The van der Waals surface area contributed by atoms with Gasteiger partial charge in [0, 0.05) is 10.6 Å². The smallest absolute Gasteiger partial charge is 0.347 e. The number of benzene rings is 2. The Hall–Kier alpha value is -2.24. The van der Waals surface area contributed by atoms with Crippen LogP contribution in [0, 0.1) is 0 Å². The summed E-state index contributed by atoms with van der Waals surface area (Å²) in [5, 5.41) is 3.55. The lowest BCUT2D eigenvalue weighted by Gasteiger charge is -2.13. The van der Waals surface area contributed by atoms with E-state index >= 15 is 0 Å². The van der Waals surface area contributed by atoms with Gasteiger partial charge in [-0.15, -0.1) is 0 Å². The first-order chi connectivity index (χ1) is 11.9. The van der Waals surface area contributed by atoms with Crippen molar-refractivity contribution in [1.29, 1.82) is 0 Å². The lowest BCUT2D eigenvalue weighted by Crippen LogP contribution is -2.26. The van der Waals surface area contributed by atoms with Gasteiger partial charge in [0.25, 0.3) is 5.91 Å². The highest BCUT2D eigenvalue weighted by atomic mass is 35.5. The molecule has 0 saturated carbocycles. The largest absolute Gasteiger partial charge is 0.479 e. The molecule has 0 aliphatic carbocycles. The van der Waals surface area contributed by atoms with Gasteiger partial charge in [0.15, 0.2) is 6.10 Å². The number of carbonyl (C=O) groups is 2. The van der Waals surface area contributed by atoms with E-state index in [-0.39, 0.29) is 12.5 Å². The van der Waals surface area contributed by atoms with E-state index in [4.69, 9.17) is 32.7 Å². The molecule has 0 aliphatic heterocycles. The minimum Gasteiger partial charge on any atom is -0.479 e. The molecule has 132 valence electrons. The van der Waals surface area contributed by atoms with Gasteiger partial charge in [0.2, 0.25) is 0 Å². The van der Waals surface area contributed by atoms with E-state index in [1.807, 2.05) is 0 Å². The Morgan fingerprint density at radius 3 is 2.44 bits per heavy atom. The predicted molar refractivity (Wildman–Crippen MR) is 97.6 cm³/mol. The van der Waals surface area contributed by atoms with Crippen molar-refractivity contribution in [2.24, 2.45) is 0 Å². The highest BCUT2D eigenvalue weighted by Gasteiger charge is 2.16. The van der Waals surface area contributed by atoms with Crippen LogP contribution in [0.25, 0.3) is 0 Å². The van der Waals surface area contributed by atoms with Crippen LogP contribution in [-0.4, -0.2) is 24.6 Å². The van der Waals surface area contributed by atoms with Crippen LogP contribution >= 0.6 is 23.2 Å². The standard InChI is InChI=1S/C18H17Cl2NO4/c1-3-24-18(23)11(2)25-14-7-4-12(5-8-14)17(22)21-16-10-13(19)6-9-15(16)20/h4-11H,3H2,1-2H3,(H,21,22). The Balaban J connectivity index is 2.02. The zero-order valence-corrected chi connectivity index (χ0v) is 15.2. The molecule has 2 rings (SSSR count). The molecule has 1 atom stereocenters. The van der Waals surface area contributed by atoms with E-state index in [9.17, 15) is 9.59 Å². The number of esters is 1. The van der Waals surface area contributed by atoms with Gasteiger partial charge in [-0.2, -0.15) is 0 Å². The van der Waals surface area contributed by atoms with Gasteiger partial charge in [-0.05, 0) is 56.3 Å². The Morgan fingerprint density at radius 2 is 1.80 bits per heavy atom. The van der Waals surface area contributed by atoms with Crippen molar-refractivity contribution in [2.75, 3.05) is 11.9 Å². The number of anilines is 1. The Bertz CT molecular complexity index is 762. The predicted octanol–water partition coefficient (Wildman–Crippen LogP) is 4.58. The SMILES string of the molecule is CCOC(=O)C(C)Oc1ccc(C(=O)Nc2cc(Cl)ccc2Cl)cc1. The fraction of sp³-hybridized carbons (Fsp3) is 0.222. The number of hydrogen-bond acceptors (Lipinski definition) is 4. The molecule has 1 N–H and O–H groups in total. The van der Waals surface area contributed by atoms with Crippen molar-refractivity contribution in [1.82, 2.24) is 0 Å². The quantitative estimate of drug-likeness (QED) is 0.743. The monoisotopic (exact) mass is 381 g/mol. The number of ether oxygens (including phenoxy) is 2. The second-order valence-electron chi connectivity index (χ2n) is 5.11. The molecule has 7 heteroatoms. The number of carbonyl (C=O) groups excluding carboxylic acids is 2. The Morgan fingerprint density at radius 1 is 1.12 bits per heavy atom. The first kappa shape index (κ1) is 19.1. The Labute approximate surface area is 155 Å². The van der Waals surface area contributed by atoms with E-state index < -0.39 is 12.1 Å². The van der Waals surface area contributed by atoms with Crippen molar-refractivity contribution in [3.63, 3.8) is 0 Å². The molecule has 0 bridgehead atoms. The molecule has 1 unspecified atom stereocenters. The molecule has 5 nitrogen and oxygen atoms in total. The average molecular weight is 382 g/mol. The van der Waals surface area contributed by atoms with Gasteiger partial charge in [0.05, 0.1) is 17.3 Å². The van der Waals surface area contributed by atoms with Crippen LogP contribution in [0.5, 0.6) is 5.75 Å². The van der Waals surface area contributed by atoms with Crippen LogP contribution < -0.4 is 10.1 Å². The molecule has 2 aromatic carbocycles. The molecular formula is C18H17Cl2NO4. The van der Waals surface area contributed by atoms with Crippen molar-refractivity contribution in [3.8, 4) is 5.75 Å². The average Bonchev–Trinajstić information content (AvgIpc) is 2.59. The van der Waals surface area contributed by atoms with Crippen molar-refractivity contribution < 1.29 is 19.1 Å². The molecule has 0 radical (unpaired) electrons. The van der Waals surface area contributed by atoms with E-state index in [1.165, 1.54) is 0 Å². The van der Waals surface area contributed by atoms with Gasteiger partial charge in [-0.1, -0.05) is 23.2 Å². The molecule has 0 heterocycles. The number of hydrogen-bond donors (Lipinski definition) is 1. The molecule has 0 aromatic heterocycles. The lowest BCUT2D eigenvalue weighted by atomic mass is 10.2. The third-order valence-corrected chi connectivity index (χ3v) is 3.79. The maximum atomic E-state index is 12.3. The fourth-order valence-electron chi connectivity index (χ4n) is 1.98. The van der Waals surface area contributed by atoms with Crippen LogP contribution in [-0.2, 0) is 9.53 Å². The third-order valence-electron chi connectivity index (χ3n) is 3.22. The molecule has 0 fully saturated rings. The van der Waals surface area contributed by atoms with Crippen molar-refractivity contribution >= 4 is 40.8 Å². The van der Waals surface area contributed by atoms with Crippen LogP contribution in [0.15, 0.2) is 42.5 Å². The van der Waals surface area contributed by atoms with Gasteiger partial charge in [-0.25, -0.2) is 4.79 Å². The second-order valence-corrected chi connectivity index (χ2v) is 5.96. The van der Waals surface area contributed by atoms with Crippen molar-refractivity contribution in [2.45, 2.75) is 20.0 Å².